The number of carbonyl (C=O) groups excluding carboxylic acids is 1. The number of nitrogens with zero attached hydrogens (tertiary/aromatic N) is 2. The molecule has 1 aromatic carbocycles. The van der Waals surface area contributed by atoms with Crippen LogP contribution >= 0.6 is 11.6 Å². The van der Waals surface area contributed by atoms with Crippen LogP contribution in [0.15, 0.2) is 24.3 Å². The summed E-state index contributed by atoms with van der Waals surface area (Å²) in [6.07, 6.45) is -3.11. The van der Waals surface area contributed by atoms with Crippen LogP contribution in [0.25, 0.3) is 0 Å². The monoisotopic (exact) mass is 403 g/mol. The molecule has 1 aliphatic heterocycles. The van der Waals surface area contributed by atoms with E-state index in [1.807, 2.05) is 24.3 Å². The lowest BCUT2D eigenvalue weighted by molar-refractivity contribution is -0.182. The Labute approximate surface area is 162 Å². The molecule has 3 rings (SSSR count). The van der Waals surface area contributed by atoms with E-state index >= 15 is 0 Å². The van der Waals surface area contributed by atoms with Gasteiger partial charge in [-0.25, -0.2) is 0 Å². The molecular weight excluding hydrogens is 379 g/mol. The highest BCUT2D eigenvalue weighted by atomic mass is 35.5. The summed E-state index contributed by atoms with van der Waals surface area (Å²) in [5, 5.41) is 3.63. The molecule has 0 spiro atoms. The van der Waals surface area contributed by atoms with Crippen molar-refractivity contribution in [1.29, 1.82) is 0 Å². The van der Waals surface area contributed by atoms with Gasteiger partial charge in [0.15, 0.2) is 0 Å². The molecule has 0 radical (unpaired) electrons. The first-order chi connectivity index (χ1) is 12.8. The Kier molecular flexibility index (Phi) is 6.52. The van der Waals surface area contributed by atoms with Gasteiger partial charge in [-0.3, -0.25) is 9.69 Å². The fourth-order valence-corrected chi connectivity index (χ4v) is 4.15. The number of hydrogen-bond donors (Lipinski definition) is 1. The minimum atomic E-state index is -4.11. The van der Waals surface area contributed by atoms with Crippen molar-refractivity contribution in [2.75, 3.05) is 37.6 Å². The van der Waals surface area contributed by atoms with Gasteiger partial charge in [0, 0.05) is 32.2 Å². The Bertz CT molecular complexity index is 639. The summed E-state index contributed by atoms with van der Waals surface area (Å²) in [7, 11) is 0. The second kappa shape index (κ2) is 8.69. The molecule has 2 fully saturated rings. The minimum absolute atomic E-state index is 0.100. The smallest absolute Gasteiger partial charge is 0.368 e. The van der Waals surface area contributed by atoms with Crippen molar-refractivity contribution in [3.63, 3.8) is 0 Å². The first-order valence-corrected chi connectivity index (χ1v) is 9.78. The lowest BCUT2D eigenvalue weighted by atomic mass is 9.85. The van der Waals surface area contributed by atoms with Crippen LogP contribution in [0, 0.1) is 5.92 Å². The number of para-hydroxylation sites is 1. The number of rotatable bonds is 4. The molecule has 4 nitrogen and oxygen atoms in total. The van der Waals surface area contributed by atoms with Gasteiger partial charge in [0.2, 0.25) is 5.91 Å². The van der Waals surface area contributed by atoms with E-state index in [1.165, 1.54) is 0 Å². The van der Waals surface area contributed by atoms with E-state index < -0.39 is 12.1 Å². The highest BCUT2D eigenvalue weighted by Gasteiger charge is 2.41. The maximum atomic E-state index is 12.7. The fourth-order valence-electron chi connectivity index (χ4n) is 3.90. The van der Waals surface area contributed by atoms with Gasteiger partial charge in [-0.2, -0.15) is 13.2 Å². The summed E-state index contributed by atoms with van der Waals surface area (Å²) in [4.78, 5) is 16.5. The van der Waals surface area contributed by atoms with Crippen LogP contribution in [0.5, 0.6) is 0 Å². The maximum absolute atomic E-state index is 12.7. The van der Waals surface area contributed by atoms with Gasteiger partial charge >= 0.3 is 6.18 Å². The summed E-state index contributed by atoms with van der Waals surface area (Å²) in [5.41, 5.74) is 1.00. The molecule has 0 unspecified atom stereocenters. The van der Waals surface area contributed by atoms with Crippen LogP contribution < -0.4 is 10.2 Å². The summed E-state index contributed by atoms with van der Waals surface area (Å²) in [6.45, 7) is 3.36. The zero-order chi connectivity index (χ0) is 19.4. The minimum Gasteiger partial charge on any atom is -0.368 e. The average molecular weight is 404 g/mol. The van der Waals surface area contributed by atoms with Gasteiger partial charge in [0.05, 0.1) is 23.2 Å². The van der Waals surface area contributed by atoms with Crippen molar-refractivity contribution in [2.45, 2.75) is 37.9 Å². The van der Waals surface area contributed by atoms with Crippen LogP contribution in [0.1, 0.15) is 25.7 Å². The van der Waals surface area contributed by atoms with Crippen LogP contribution in [-0.4, -0.2) is 55.7 Å². The standard InChI is InChI=1S/C19H25ClF3N3O/c20-16-3-1-2-4-17(16)26-11-9-25(10-12-26)13-18(27)24-15-7-5-14(6-8-15)19(21,22)23/h1-4,14-15H,5-13H2,(H,24,27). The quantitative estimate of drug-likeness (QED) is 0.832. The largest absolute Gasteiger partial charge is 0.391 e. The molecule has 1 aromatic rings. The van der Waals surface area contributed by atoms with Crippen LogP contribution in [0.4, 0.5) is 18.9 Å². The molecular formula is C19H25ClF3N3O. The number of halogens is 4. The zero-order valence-electron chi connectivity index (χ0n) is 15.1. The molecule has 1 N–H and O–H groups in total. The number of anilines is 1. The topological polar surface area (TPSA) is 35.6 Å². The van der Waals surface area contributed by atoms with Crippen molar-refractivity contribution in [1.82, 2.24) is 10.2 Å². The summed E-state index contributed by atoms with van der Waals surface area (Å²) in [5.74, 6) is -1.32. The molecule has 8 heteroatoms. The number of amides is 1. The van der Waals surface area contributed by atoms with Crippen molar-refractivity contribution >= 4 is 23.2 Å². The first-order valence-electron chi connectivity index (χ1n) is 9.41. The Morgan fingerprint density at radius 2 is 1.70 bits per heavy atom. The second-order valence-electron chi connectivity index (χ2n) is 7.37. The Morgan fingerprint density at radius 1 is 1.07 bits per heavy atom. The van der Waals surface area contributed by atoms with Gasteiger partial charge in [-0.05, 0) is 37.8 Å². The molecule has 0 atom stereocenters. The molecule has 150 valence electrons. The van der Waals surface area contributed by atoms with E-state index in [1.54, 1.807) is 0 Å². The summed E-state index contributed by atoms with van der Waals surface area (Å²) < 4.78 is 38.1. The predicted octanol–water partition coefficient (Wildman–Crippen LogP) is 3.70. The van der Waals surface area contributed by atoms with E-state index in [4.69, 9.17) is 11.6 Å². The molecule has 1 heterocycles. The second-order valence-corrected chi connectivity index (χ2v) is 7.78. The van der Waals surface area contributed by atoms with E-state index in [-0.39, 0.29) is 31.3 Å². The molecule has 0 bridgehead atoms. The molecule has 1 amide bonds. The summed E-state index contributed by atoms with van der Waals surface area (Å²) >= 11 is 6.24. The van der Waals surface area contributed by atoms with E-state index in [2.05, 4.69) is 15.1 Å². The van der Waals surface area contributed by atoms with Gasteiger partial charge in [0.1, 0.15) is 0 Å². The first kappa shape index (κ1) is 20.3. The third-order valence-electron chi connectivity index (χ3n) is 5.49. The van der Waals surface area contributed by atoms with Crippen molar-refractivity contribution in [2.24, 2.45) is 5.92 Å². The van der Waals surface area contributed by atoms with Crippen molar-refractivity contribution in [3.8, 4) is 0 Å². The third-order valence-corrected chi connectivity index (χ3v) is 5.81. The molecule has 1 saturated carbocycles. The van der Waals surface area contributed by atoms with Crippen LogP contribution in [-0.2, 0) is 4.79 Å². The molecule has 2 aliphatic rings. The fraction of sp³-hybridized carbons (Fsp3) is 0.632. The molecule has 1 saturated heterocycles. The maximum Gasteiger partial charge on any atom is 0.391 e. The van der Waals surface area contributed by atoms with Gasteiger partial charge < -0.3 is 10.2 Å². The lowest BCUT2D eigenvalue weighted by Gasteiger charge is -2.36. The van der Waals surface area contributed by atoms with Crippen molar-refractivity contribution < 1.29 is 18.0 Å². The number of benzene rings is 1. The SMILES string of the molecule is O=C(CN1CCN(c2ccccc2Cl)CC1)NC1CCC(C(F)(F)F)CC1. The van der Waals surface area contributed by atoms with Crippen LogP contribution in [0.2, 0.25) is 5.02 Å². The Morgan fingerprint density at radius 3 is 2.30 bits per heavy atom. The highest BCUT2D eigenvalue weighted by molar-refractivity contribution is 6.33. The number of nitrogens with one attached hydrogen (secondary N) is 1. The number of carbonyl (C=O) groups is 1. The number of alkyl halides is 3. The predicted molar refractivity (Wildman–Crippen MR) is 100 cm³/mol. The van der Waals surface area contributed by atoms with Gasteiger partial charge in [-0.1, -0.05) is 23.7 Å². The zero-order valence-corrected chi connectivity index (χ0v) is 15.9. The highest BCUT2D eigenvalue weighted by Crippen LogP contribution is 2.37. The average Bonchev–Trinajstić information content (AvgIpc) is 2.62. The number of piperazine rings is 1. The van der Waals surface area contributed by atoms with Crippen LogP contribution in [0.3, 0.4) is 0 Å². The van der Waals surface area contributed by atoms with Gasteiger partial charge in [-0.15, -0.1) is 0 Å². The molecule has 27 heavy (non-hydrogen) atoms. The molecule has 0 aromatic heterocycles. The molecule has 1 aliphatic carbocycles. The van der Waals surface area contributed by atoms with Gasteiger partial charge in [0.25, 0.3) is 0 Å². The third kappa shape index (κ3) is 5.51. The number of hydrogen-bond acceptors (Lipinski definition) is 3. The summed E-state index contributed by atoms with van der Waals surface area (Å²) in [6, 6.07) is 7.57. The van der Waals surface area contributed by atoms with E-state index in [0.29, 0.717) is 12.8 Å². The normalized spacial score (nSPS) is 24.7. The Hall–Kier alpha value is -1.47. The lowest BCUT2D eigenvalue weighted by Crippen LogP contribution is -2.51. The van der Waals surface area contributed by atoms with E-state index in [0.717, 1.165) is 36.9 Å². The van der Waals surface area contributed by atoms with Crippen molar-refractivity contribution in [3.05, 3.63) is 29.3 Å². The Balaban J connectivity index is 1.39. The van der Waals surface area contributed by atoms with E-state index in [9.17, 15) is 18.0 Å².